The van der Waals surface area contributed by atoms with Gasteiger partial charge in [-0.15, -0.1) is 0 Å². The number of aromatic carboxylic acids is 1. The molecule has 0 fully saturated rings. The van der Waals surface area contributed by atoms with Crippen molar-refractivity contribution in [1.29, 1.82) is 0 Å². The van der Waals surface area contributed by atoms with Crippen molar-refractivity contribution in [2.24, 2.45) is 0 Å². The van der Waals surface area contributed by atoms with Crippen LogP contribution in [0.3, 0.4) is 0 Å². The number of nitrogens with one attached hydrogen (secondary N) is 1. The molecule has 0 saturated carbocycles. The van der Waals surface area contributed by atoms with Crippen molar-refractivity contribution >= 4 is 17.6 Å². The number of nitrogens with zero attached hydrogens (tertiary/aromatic N) is 2. The Balaban J connectivity index is 2.29. The molecule has 1 heterocycles. The summed E-state index contributed by atoms with van der Waals surface area (Å²) in [7, 11) is 0. The number of carbonyl (C=O) groups is 2. The Bertz CT molecular complexity index is 641. The zero-order chi connectivity index (χ0) is 14.5. The van der Waals surface area contributed by atoms with E-state index in [-0.39, 0.29) is 16.9 Å². The van der Waals surface area contributed by atoms with Crippen LogP contribution in [0.1, 0.15) is 33.3 Å². The highest BCUT2D eigenvalue weighted by molar-refractivity contribution is 6.06. The molecule has 1 amide bonds. The first-order valence-electron chi connectivity index (χ1n) is 6.05. The minimum absolute atomic E-state index is 0.0570. The van der Waals surface area contributed by atoms with E-state index in [0.29, 0.717) is 0 Å². The fraction of sp³-hybridized carbons (Fsp3) is 0.143. The lowest BCUT2D eigenvalue weighted by molar-refractivity contribution is 0.0698. The number of aromatic nitrogens is 2. The van der Waals surface area contributed by atoms with Crippen molar-refractivity contribution in [3.63, 3.8) is 0 Å². The van der Waals surface area contributed by atoms with Gasteiger partial charge in [-0.1, -0.05) is 13.0 Å². The maximum absolute atomic E-state index is 11.9. The number of amides is 1. The average Bonchev–Trinajstić information content (AvgIpc) is 2.48. The number of benzene rings is 1. The molecule has 2 rings (SSSR count). The first kappa shape index (κ1) is 13.7. The Morgan fingerprint density at radius 2 is 2.10 bits per heavy atom. The lowest BCUT2D eigenvalue weighted by Crippen LogP contribution is -2.16. The smallest absolute Gasteiger partial charge is 0.337 e. The molecule has 0 radical (unpaired) electrons. The van der Waals surface area contributed by atoms with Crippen molar-refractivity contribution in [3.05, 3.63) is 53.6 Å². The van der Waals surface area contributed by atoms with Crippen molar-refractivity contribution in [1.82, 2.24) is 9.97 Å². The molecule has 0 saturated heterocycles. The molecular formula is C14H13N3O3. The van der Waals surface area contributed by atoms with Gasteiger partial charge in [0.2, 0.25) is 0 Å². The monoisotopic (exact) mass is 271 g/mol. The molecule has 0 spiro atoms. The van der Waals surface area contributed by atoms with Crippen molar-refractivity contribution in [2.75, 3.05) is 5.32 Å². The third-order valence-electron chi connectivity index (χ3n) is 2.77. The van der Waals surface area contributed by atoms with Crippen LogP contribution < -0.4 is 5.32 Å². The van der Waals surface area contributed by atoms with Crippen molar-refractivity contribution in [3.8, 4) is 0 Å². The van der Waals surface area contributed by atoms with Crippen molar-refractivity contribution in [2.45, 2.75) is 13.3 Å². The lowest BCUT2D eigenvalue weighted by Gasteiger charge is -2.09. The molecule has 0 atom stereocenters. The number of anilines is 1. The Hall–Kier alpha value is -2.76. The van der Waals surface area contributed by atoms with Crippen LogP contribution >= 0.6 is 0 Å². The zero-order valence-corrected chi connectivity index (χ0v) is 10.8. The van der Waals surface area contributed by atoms with Gasteiger partial charge in [0.1, 0.15) is 5.69 Å². The SMILES string of the molecule is CCc1ccc(NC(=O)c2cnccn2)c(C(=O)O)c1. The van der Waals surface area contributed by atoms with Gasteiger partial charge in [-0.3, -0.25) is 9.78 Å². The number of rotatable bonds is 4. The summed E-state index contributed by atoms with van der Waals surface area (Å²) in [6, 6.07) is 4.91. The fourth-order valence-corrected chi connectivity index (χ4v) is 1.70. The topological polar surface area (TPSA) is 92.2 Å². The van der Waals surface area contributed by atoms with Crippen LogP contribution in [0.15, 0.2) is 36.8 Å². The van der Waals surface area contributed by atoms with Crippen LogP contribution in [0.5, 0.6) is 0 Å². The van der Waals surface area contributed by atoms with Crippen LogP contribution in [0.25, 0.3) is 0 Å². The number of hydrogen-bond acceptors (Lipinski definition) is 4. The van der Waals surface area contributed by atoms with E-state index in [2.05, 4.69) is 15.3 Å². The maximum Gasteiger partial charge on any atom is 0.337 e. The lowest BCUT2D eigenvalue weighted by atomic mass is 10.1. The average molecular weight is 271 g/mol. The van der Waals surface area contributed by atoms with Gasteiger partial charge in [-0.25, -0.2) is 9.78 Å². The van der Waals surface area contributed by atoms with Crippen LogP contribution in [0.2, 0.25) is 0 Å². The van der Waals surface area contributed by atoms with Gasteiger partial charge >= 0.3 is 5.97 Å². The zero-order valence-electron chi connectivity index (χ0n) is 10.8. The highest BCUT2D eigenvalue weighted by Gasteiger charge is 2.14. The molecule has 0 bridgehead atoms. The van der Waals surface area contributed by atoms with Gasteiger partial charge < -0.3 is 10.4 Å². The third kappa shape index (κ3) is 2.97. The number of carbonyl (C=O) groups excluding carboxylic acids is 1. The summed E-state index contributed by atoms with van der Waals surface area (Å²) < 4.78 is 0. The summed E-state index contributed by atoms with van der Waals surface area (Å²) in [4.78, 5) is 30.8. The van der Waals surface area contributed by atoms with E-state index in [1.165, 1.54) is 18.6 Å². The number of hydrogen-bond donors (Lipinski definition) is 2. The van der Waals surface area contributed by atoms with E-state index >= 15 is 0 Å². The van der Waals surface area contributed by atoms with Crippen LogP contribution in [0.4, 0.5) is 5.69 Å². The largest absolute Gasteiger partial charge is 0.478 e. The molecule has 102 valence electrons. The van der Waals surface area contributed by atoms with E-state index in [1.54, 1.807) is 18.2 Å². The predicted octanol–water partition coefficient (Wildman–Crippen LogP) is 1.99. The maximum atomic E-state index is 11.9. The molecule has 0 unspecified atom stereocenters. The molecule has 0 aliphatic rings. The quantitative estimate of drug-likeness (QED) is 0.887. The van der Waals surface area contributed by atoms with E-state index in [4.69, 9.17) is 0 Å². The second-order valence-corrected chi connectivity index (χ2v) is 4.08. The summed E-state index contributed by atoms with van der Waals surface area (Å²) in [5.41, 5.74) is 1.32. The van der Waals surface area contributed by atoms with E-state index in [9.17, 15) is 14.7 Å². The molecule has 2 N–H and O–H groups in total. The third-order valence-corrected chi connectivity index (χ3v) is 2.77. The second kappa shape index (κ2) is 5.92. The van der Waals surface area contributed by atoms with Crippen molar-refractivity contribution < 1.29 is 14.7 Å². The Morgan fingerprint density at radius 1 is 1.30 bits per heavy atom. The molecule has 1 aromatic carbocycles. The van der Waals surface area contributed by atoms with Gasteiger partial charge in [-0.05, 0) is 24.1 Å². The summed E-state index contributed by atoms with van der Waals surface area (Å²) in [5.74, 6) is -1.58. The van der Waals surface area contributed by atoms with Crippen LogP contribution in [0, 0.1) is 0 Å². The minimum Gasteiger partial charge on any atom is -0.478 e. The molecule has 6 heteroatoms. The predicted molar refractivity (Wildman–Crippen MR) is 72.8 cm³/mol. The normalized spacial score (nSPS) is 10.1. The van der Waals surface area contributed by atoms with Crippen LogP contribution in [-0.2, 0) is 6.42 Å². The van der Waals surface area contributed by atoms with Gasteiger partial charge in [0.25, 0.3) is 5.91 Å². The molecule has 2 aromatic rings. The second-order valence-electron chi connectivity index (χ2n) is 4.08. The fourth-order valence-electron chi connectivity index (χ4n) is 1.70. The van der Waals surface area contributed by atoms with E-state index < -0.39 is 11.9 Å². The van der Waals surface area contributed by atoms with Gasteiger partial charge in [0.15, 0.2) is 0 Å². The molecule has 1 aromatic heterocycles. The standard InChI is InChI=1S/C14H13N3O3/c1-2-9-3-4-11(10(7-9)14(19)20)17-13(18)12-8-15-5-6-16-12/h3-8H,2H2,1H3,(H,17,18)(H,19,20). The Morgan fingerprint density at radius 3 is 2.70 bits per heavy atom. The van der Waals surface area contributed by atoms with Crippen LogP contribution in [-0.4, -0.2) is 27.0 Å². The highest BCUT2D eigenvalue weighted by Crippen LogP contribution is 2.18. The van der Waals surface area contributed by atoms with Gasteiger partial charge in [-0.2, -0.15) is 0 Å². The summed E-state index contributed by atoms with van der Waals surface area (Å²) in [5, 5.41) is 11.7. The number of aryl methyl sites for hydroxylation is 1. The summed E-state index contributed by atoms with van der Waals surface area (Å²) >= 11 is 0. The Kier molecular flexibility index (Phi) is 4.05. The van der Waals surface area contributed by atoms with Gasteiger partial charge in [0.05, 0.1) is 17.4 Å². The Labute approximate surface area is 115 Å². The molecule has 20 heavy (non-hydrogen) atoms. The number of carboxylic acids is 1. The van der Waals surface area contributed by atoms with E-state index in [1.807, 2.05) is 6.92 Å². The van der Waals surface area contributed by atoms with E-state index in [0.717, 1.165) is 12.0 Å². The first-order chi connectivity index (χ1) is 9.61. The summed E-state index contributed by atoms with van der Waals surface area (Å²) in [6.45, 7) is 1.93. The summed E-state index contributed by atoms with van der Waals surface area (Å²) in [6.07, 6.45) is 4.89. The minimum atomic E-state index is -1.09. The molecule has 0 aliphatic carbocycles. The highest BCUT2D eigenvalue weighted by atomic mass is 16.4. The molecular weight excluding hydrogens is 258 g/mol. The van der Waals surface area contributed by atoms with Gasteiger partial charge in [0, 0.05) is 12.4 Å². The number of carboxylic acid groups (broad SMARTS) is 1. The first-order valence-corrected chi connectivity index (χ1v) is 6.05. The molecule has 0 aliphatic heterocycles. The molecule has 6 nitrogen and oxygen atoms in total.